The number of carboxylic acid groups (broad SMARTS) is 1. The standard InChI is InChI=1S/C20H28BN2O8/c1-3-14(22)15(24)8-11(2)19(25)23-9-13(10-23)30-16-5-4-12-6-7-21(28,29)31-18(12)17(16)20(26)27/h4-5,11,13-14,28-29H,3,6-10,22H2,1-2H3,(H,26,27)/q-1/t11-,14+/m0/s1. The minimum absolute atomic E-state index is 0.0180. The lowest BCUT2D eigenvalue weighted by atomic mass is 9.70. The SMILES string of the molecule is CC[C@@H](N)C(=O)C[C@H](C)C(=O)N1CC(Oc2ccc3c(c2C(=O)O)O[B-](O)(O)CC3)C1. The van der Waals surface area contributed by atoms with Gasteiger partial charge in [-0.1, -0.05) is 26.2 Å². The van der Waals surface area contributed by atoms with Crippen LogP contribution in [-0.2, 0) is 16.0 Å². The molecule has 10 nitrogen and oxygen atoms in total. The number of hydrogen-bond donors (Lipinski definition) is 4. The Kier molecular flexibility index (Phi) is 6.58. The third kappa shape index (κ3) is 5.00. The fourth-order valence-corrected chi connectivity index (χ4v) is 3.78. The van der Waals surface area contributed by atoms with Crippen molar-refractivity contribution in [3.63, 3.8) is 0 Å². The molecule has 2 aliphatic rings. The molecule has 0 spiro atoms. The fourth-order valence-electron chi connectivity index (χ4n) is 3.78. The first-order valence-corrected chi connectivity index (χ1v) is 10.4. The molecule has 0 aliphatic carbocycles. The van der Waals surface area contributed by atoms with E-state index in [-0.39, 0.29) is 61.0 Å². The summed E-state index contributed by atoms with van der Waals surface area (Å²) >= 11 is 0. The summed E-state index contributed by atoms with van der Waals surface area (Å²) in [5, 5.41) is 29.2. The van der Waals surface area contributed by atoms with Gasteiger partial charge in [0.1, 0.15) is 23.2 Å². The van der Waals surface area contributed by atoms with Gasteiger partial charge in [-0.3, -0.25) is 9.59 Å². The summed E-state index contributed by atoms with van der Waals surface area (Å²) in [6.07, 6.45) is 0.420. The molecule has 1 amide bonds. The van der Waals surface area contributed by atoms with Gasteiger partial charge in [-0.15, -0.1) is 0 Å². The van der Waals surface area contributed by atoms with Crippen molar-refractivity contribution in [1.29, 1.82) is 0 Å². The third-order valence-corrected chi connectivity index (χ3v) is 5.75. The zero-order valence-electron chi connectivity index (χ0n) is 17.6. The number of likely N-dealkylation sites (tertiary alicyclic amines) is 1. The highest BCUT2D eigenvalue weighted by molar-refractivity contribution is 6.59. The maximum Gasteiger partial charge on any atom is 0.430 e. The zero-order chi connectivity index (χ0) is 22.9. The summed E-state index contributed by atoms with van der Waals surface area (Å²) in [7, 11) is 0. The maximum atomic E-state index is 12.5. The molecule has 5 N–H and O–H groups in total. The van der Waals surface area contributed by atoms with Gasteiger partial charge >= 0.3 is 12.7 Å². The van der Waals surface area contributed by atoms with Crippen molar-refractivity contribution >= 4 is 24.4 Å². The topological polar surface area (TPSA) is 160 Å². The molecule has 3 rings (SSSR count). The van der Waals surface area contributed by atoms with Crippen LogP contribution in [0.4, 0.5) is 0 Å². The molecular formula is C20H28BN2O8-. The number of fused-ring (bicyclic) bond motifs is 1. The minimum atomic E-state index is -3.12. The molecule has 2 atom stereocenters. The molecule has 1 saturated heterocycles. The van der Waals surface area contributed by atoms with Crippen LogP contribution in [0.25, 0.3) is 0 Å². The molecule has 0 saturated carbocycles. The highest BCUT2D eigenvalue weighted by Crippen LogP contribution is 2.39. The molecule has 0 bridgehead atoms. The van der Waals surface area contributed by atoms with Crippen LogP contribution in [-0.4, -0.2) is 69.7 Å². The van der Waals surface area contributed by atoms with E-state index in [4.69, 9.17) is 15.1 Å². The van der Waals surface area contributed by atoms with Crippen molar-refractivity contribution in [3.05, 3.63) is 23.3 Å². The lowest BCUT2D eigenvalue weighted by Crippen LogP contribution is -2.57. The molecule has 31 heavy (non-hydrogen) atoms. The molecule has 11 heteroatoms. The second kappa shape index (κ2) is 8.85. The highest BCUT2D eigenvalue weighted by Gasteiger charge is 2.37. The van der Waals surface area contributed by atoms with E-state index in [0.717, 1.165) is 0 Å². The molecule has 1 aromatic rings. The smallest absolute Gasteiger partial charge is 0.430 e. The number of carboxylic acids is 1. The van der Waals surface area contributed by atoms with E-state index in [1.165, 1.54) is 6.07 Å². The Hall–Kier alpha value is -2.63. The number of ketones is 1. The Morgan fingerprint density at radius 2 is 2.00 bits per heavy atom. The van der Waals surface area contributed by atoms with Crippen molar-refractivity contribution < 1.29 is 38.9 Å². The largest absolute Gasteiger partial charge is 0.669 e. The van der Waals surface area contributed by atoms with Gasteiger partial charge in [0.25, 0.3) is 0 Å². The fraction of sp³-hybridized carbons (Fsp3) is 0.550. The van der Waals surface area contributed by atoms with Crippen LogP contribution in [0.1, 0.15) is 42.6 Å². The number of nitrogens with two attached hydrogens (primary N) is 1. The first-order valence-electron chi connectivity index (χ1n) is 10.4. The highest BCUT2D eigenvalue weighted by atomic mass is 16.6. The molecule has 1 aromatic carbocycles. The van der Waals surface area contributed by atoms with E-state index >= 15 is 0 Å². The quantitative estimate of drug-likeness (QED) is 0.417. The van der Waals surface area contributed by atoms with Crippen LogP contribution < -0.4 is 15.1 Å². The van der Waals surface area contributed by atoms with Crippen LogP contribution in [0.3, 0.4) is 0 Å². The predicted octanol–water partition coefficient (Wildman–Crippen LogP) is 0.165. The van der Waals surface area contributed by atoms with Crippen molar-refractivity contribution in [3.8, 4) is 11.5 Å². The Morgan fingerprint density at radius 1 is 1.32 bits per heavy atom. The number of Topliss-reactive ketones (excluding diaryl/α,β-unsaturated/α-hetero) is 1. The number of carbonyl (C=O) groups excluding carboxylic acids is 2. The average molecular weight is 435 g/mol. The lowest BCUT2D eigenvalue weighted by molar-refractivity contribution is -0.145. The van der Waals surface area contributed by atoms with Gasteiger partial charge in [0.05, 0.1) is 24.9 Å². The Balaban J connectivity index is 1.63. The number of ether oxygens (including phenoxy) is 1. The van der Waals surface area contributed by atoms with Crippen LogP contribution in [0.15, 0.2) is 12.1 Å². The van der Waals surface area contributed by atoms with E-state index in [0.29, 0.717) is 12.0 Å². The number of hydrogen-bond acceptors (Lipinski definition) is 8. The van der Waals surface area contributed by atoms with Gasteiger partial charge in [0, 0.05) is 12.3 Å². The van der Waals surface area contributed by atoms with Gasteiger partial charge in [0.15, 0.2) is 0 Å². The van der Waals surface area contributed by atoms with Crippen LogP contribution in [0.5, 0.6) is 11.5 Å². The number of aromatic carboxylic acids is 1. The maximum absolute atomic E-state index is 12.5. The molecule has 2 heterocycles. The Bertz CT molecular complexity index is 884. The first-order chi connectivity index (χ1) is 14.5. The number of benzene rings is 1. The molecule has 0 unspecified atom stereocenters. The van der Waals surface area contributed by atoms with Crippen LogP contribution in [0.2, 0.25) is 6.32 Å². The lowest BCUT2D eigenvalue weighted by Gasteiger charge is -2.41. The Labute approximate surface area is 179 Å². The summed E-state index contributed by atoms with van der Waals surface area (Å²) in [6, 6.07) is 2.58. The summed E-state index contributed by atoms with van der Waals surface area (Å²) in [4.78, 5) is 37.8. The number of carbonyl (C=O) groups is 3. The van der Waals surface area contributed by atoms with E-state index in [1.807, 2.05) is 6.92 Å². The number of amides is 1. The second-order valence-corrected chi connectivity index (χ2v) is 8.32. The third-order valence-electron chi connectivity index (χ3n) is 5.75. The summed E-state index contributed by atoms with van der Waals surface area (Å²) < 4.78 is 10.9. The number of aryl methyl sites for hydroxylation is 1. The first kappa shape index (κ1) is 23.0. The van der Waals surface area contributed by atoms with Crippen LogP contribution >= 0.6 is 0 Å². The van der Waals surface area contributed by atoms with Gasteiger partial charge < -0.3 is 35.2 Å². The molecule has 1 fully saturated rings. The molecule has 0 radical (unpaired) electrons. The molecule has 0 aromatic heterocycles. The van der Waals surface area contributed by atoms with Crippen molar-refractivity contribution in [2.75, 3.05) is 13.1 Å². The predicted molar refractivity (Wildman–Crippen MR) is 111 cm³/mol. The van der Waals surface area contributed by atoms with Crippen molar-refractivity contribution in [2.45, 2.75) is 51.6 Å². The summed E-state index contributed by atoms with van der Waals surface area (Å²) in [6.45, 7) is 0.875. The molecule has 2 aliphatic heterocycles. The number of nitrogens with zero attached hydrogens (tertiary/aromatic N) is 1. The van der Waals surface area contributed by atoms with E-state index in [2.05, 4.69) is 0 Å². The monoisotopic (exact) mass is 435 g/mol. The zero-order valence-corrected chi connectivity index (χ0v) is 17.6. The minimum Gasteiger partial charge on any atom is -0.669 e. The van der Waals surface area contributed by atoms with Gasteiger partial charge in [0.2, 0.25) is 5.91 Å². The summed E-state index contributed by atoms with van der Waals surface area (Å²) in [5.41, 5.74) is 6.00. The second-order valence-electron chi connectivity index (χ2n) is 8.32. The average Bonchev–Trinajstić information content (AvgIpc) is 2.67. The molecule has 170 valence electrons. The van der Waals surface area contributed by atoms with Gasteiger partial charge in [-0.05, 0) is 24.5 Å². The van der Waals surface area contributed by atoms with E-state index in [1.54, 1.807) is 17.9 Å². The van der Waals surface area contributed by atoms with E-state index in [9.17, 15) is 29.5 Å². The number of rotatable bonds is 8. The Morgan fingerprint density at radius 3 is 2.61 bits per heavy atom. The van der Waals surface area contributed by atoms with E-state index < -0.39 is 30.8 Å². The van der Waals surface area contributed by atoms with Gasteiger partial charge in [-0.2, -0.15) is 0 Å². The normalized spacial score (nSPS) is 19.5. The van der Waals surface area contributed by atoms with Crippen molar-refractivity contribution in [2.24, 2.45) is 11.7 Å². The van der Waals surface area contributed by atoms with Crippen LogP contribution in [0, 0.1) is 5.92 Å². The molecular weight excluding hydrogens is 407 g/mol. The van der Waals surface area contributed by atoms with Crippen molar-refractivity contribution in [1.82, 2.24) is 4.90 Å². The summed E-state index contributed by atoms with van der Waals surface area (Å²) in [5.74, 6) is -2.21. The van der Waals surface area contributed by atoms with Gasteiger partial charge in [-0.25, -0.2) is 4.79 Å².